The molecule has 0 unspecified atom stereocenters. The number of hydrogen-bond acceptors (Lipinski definition) is 3. The molecule has 16 heavy (non-hydrogen) atoms. The fourth-order valence-corrected chi connectivity index (χ4v) is 2.31. The molecule has 1 N–H and O–H groups in total. The first kappa shape index (κ1) is 10.3. The number of fused-ring (bicyclic) bond motifs is 1. The predicted octanol–water partition coefficient (Wildman–Crippen LogP) is 3.36. The third kappa shape index (κ3) is 1.57. The van der Waals surface area contributed by atoms with Crippen LogP contribution in [0.5, 0.6) is 0 Å². The maximum atomic E-state index is 6.19. The summed E-state index contributed by atoms with van der Waals surface area (Å²) in [5, 5.41) is 3.81. The van der Waals surface area contributed by atoms with Gasteiger partial charge in [0.05, 0.1) is 22.8 Å². The minimum absolute atomic E-state index is 0.595. The third-order valence-electron chi connectivity index (χ3n) is 2.54. The molecule has 82 valence electrons. The molecule has 5 heteroatoms. The highest BCUT2D eigenvalue weighted by Crippen LogP contribution is 2.34. The summed E-state index contributed by atoms with van der Waals surface area (Å²) in [6.45, 7) is 1.51. The van der Waals surface area contributed by atoms with Crippen LogP contribution in [0.2, 0.25) is 5.02 Å². The van der Waals surface area contributed by atoms with Crippen molar-refractivity contribution in [2.45, 2.75) is 13.1 Å². The molecule has 0 aliphatic carbocycles. The van der Waals surface area contributed by atoms with Crippen LogP contribution >= 0.6 is 27.5 Å². The van der Waals surface area contributed by atoms with Gasteiger partial charge in [0.25, 0.3) is 0 Å². The van der Waals surface area contributed by atoms with Crippen LogP contribution in [0.4, 0.5) is 0 Å². The summed E-state index contributed by atoms with van der Waals surface area (Å²) in [6.07, 6.45) is 0. The van der Waals surface area contributed by atoms with Crippen molar-refractivity contribution in [2.24, 2.45) is 0 Å². The summed E-state index contributed by atoms with van der Waals surface area (Å²) in [7, 11) is 0. The molecule has 0 amide bonds. The summed E-state index contributed by atoms with van der Waals surface area (Å²) < 4.78 is 6.52. The van der Waals surface area contributed by atoms with Gasteiger partial charge in [-0.25, -0.2) is 4.98 Å². The van der Waals surface area contributed by atoms with Gasteiger partial charge in [-0.3, -0.25) is 0 Å². The number of rotatable bonds is 1. The van der Waals surface area contributed by atoms with Crippen LogP contribution in [0.3, 0.4) is 0 Å². The number of hydrogen-bond donors (Lipinski definition) is 1. The van der Waals surface area contributed by atoms with Crippen LogP contribution < -0.4 is 5.32 Å². The molecule has 2 aromatic rings. The molecule has 0 saturated heterocycles. The molecular weight excluding hydrogens is 291 g/mol. The molecule has 3 rings (SSSR count). The lowest BCUT2D eigenvalue weighted by molar-refractivity contribution is 0.511. The molecule has 0 bridgehead atoms. The lowest BCUT2D eigenvalue weighted by Gasteiger charge is -2.01. The molecule has 1 aromatic carbocycles. The van der Waals surface area contributed by atoms with Crippen molar-refractivity contribution in [1.82, 2.24) is 10.3 Å². The maximum Gasteiger partial charge on any atom is 0.228 e. The first-order valence-corrected chi connectivity index (χ1v) is 6.06. The van der Waals surface area contributed by atoms with E-state index in [1.54, 1.807) is 0 Å². The zero-order valence-corrected chi connectivity index (χ0v) is 10.6. The van der Waals surface area contributed by atoms with Gasteiger partial charge in [0, 0.05) is 11.0 Å². The molecule has 2 heterocycles. The highest BCUT2D eigenvalue weighted by molar-refractivity contribution is 9.10. The van der Waals surface area contributed by atoms with E-state index in [-0.39, 0.29) is 0 Å². The zero-order chi connectivity index (χ0) is 11.1. The van der Waals surface area contributed by atoms with Crippen molar-refractivity contribution < 1.29 is 4.42 Å². The minimum atomic E-state index is 0.595. The number of aromatic nitrogens is 1. The predicted molar refractivity (Wildman–Crippen MR) is 65.2 cm³/mol. The SMILES string of the molecule is Clc1c(Br)cccc1-c1nc2c(o1)CNC2. The number of nitrogens with zero attached hydrogens (tertiary/aromatic N) is 1. The zero-order valence-electron chi connectivity index (χ0n) is 8.26. The second-order valence-corrected chi connectivity index (χ2v) is 4.83. The van der Waals surface area contributed by atoms with Crippen LogP contribution in [-0.2, 0) is 13.1 Å². The van der Waals surface area contributed by atoms with E-state index in [0.29, 0.717) is 10.9 Å². The van der Waals surface area contributed by atoms with Gasteiger partial charge < -0.3 is 9.73 Å². The van der Waals surface area contributed by atoms with Gasteiger partial charge in [-0.1, -0.05) is 17.7 Å². The van der Waals surface area contributed by atoms with E-state index in [1.165, 1.54) is 0 Å². The number of benzene rings is 1. The van der Waals surface area contributed by atoms with Gasteiger partial charge in [0.2, 0.25) is 5.89 Å². The number of oxazole rings is 1. The Hall–Kier alpha value is -0.840. The summed E-state index contributed by atoms with van der Waals surface area (Å²) in [4.78, 5) is 4.43. The fraction of sp³-hybridized carbons (Fsp3) is 0.182. The van der Waals surface area contributed by atoms with Crippen molar-refractivity contribution >= 4 is 27.5 Å². The van der Waals surface area contributed by atoms with Crippen molar-refractivity contribution in [2.75, 3.05) is 0 Å². The Morgan fingerprint density at radius 2 is 2.25 bits per heavy atom. The highest BCUT2D eigenvalue weighted by atomic mass is 79.9. The van der Waals surface area contributed by atoms with Crippen molar-refractivity contribution in [1.29, 1.82) is 0 Å². The molecule has 1 aromatic heterocycles. The Morgan fingerprint density at radius 1 is 1.38 bits per heavy atom. The van der Waals surface area contributed by atoms with Crippen LogP contribution in [-0.4, -0.2) is 4.98 Å². The van der Waals surface area contributed by atoms with Gasteiger partial charge in [0.15, 0.2) is 0 Å². The number of nitrogens with one attached hydrogen (secondary N) is 1. The summed E-state index contributed by atoms with van der Waals surface area (Å²) in [6, 6.07) is 5.71. The van der Waals surface area contributed by atoms with Crippen LogP contribution in [0.25, 0.3) is 11.5 Å². The van der Waals surface area contributed by atoms with Crippen LogP contribution in [0.15, 0.2) is 27.1 Å². The largest absolute Gasteiger partial charge is 0.439 e. The first-order valence-electron chi connectivity index (χ1n) is 4.89. The van der Waals surface area contributed by atoms with E-state index in [1.807, 2.05) is 18.2 Å². The van der Waals surface area contributed by atoms with E-state index in [9.17, 15) is 0 Å². The standard InChI is InChI=1S/C11H8BrClN2O/c12-7-3-1-2-6(10(7)13)11-15-8-4-14-5-9(8)16-11/h1-3,14H,4-5H2. The van der Waals surface area contributed by atoms with Gasteiger partial charge in [0.1, 0.15) is 5.76 Å². The molecule has 1 aliphatic heterocycles. The van der Waals surface area contributed by atoms with Gasteiger partial charge >= 0.3 is 0 Å². The minimum Gasteiger partial charge on any atom is -0.439 e. The van der Waals surface area contributed by atoms with E-state index >= 15 is 0 Å². The third-order valence-corrected chi connectivity index (χ3v) is 3.83. The van der Waals surface area contributed by atoms with Gasteiger partial charge in [-0.2, -0.15) is 0 Å². The number of halogens is 2. The van der Waals surface area contributed by atoms with Gasteiger partial charge in [-0.05, 0) is 28.1 Å². The molecular formula is C11H8BrClN2O. The quantitative estimate of drug-likeness (QED) is 0.877. The lowest BCUT2D eigenvalue weighted by Crippen LogP contribution is -2.01. The monoisotopic (exact) mass is 298 g/mol. The Kier molecular flexibility index (Phi) is 2.50. The Bertz CT molecular complexity index is 531. The average Bonchev–Trinajstić information content (AvgIpc) is 2.81. The summed E-state index contributed by atoms with van der Waals surface area (Å²) in [5.74, 6) is 1.50. The van der Waals surface area contributed by atoms with Crippen molar-refractivity contribution in [3.8, 4) is 11.5 Å². The average molecular weight is 300 g/mol. The van der Waals surface area contributed by atoms with E-state index in [0.717, 1.165) is 34.6 Å². The van der Waals surface area contributed by atoms with Crippen molar-refractivity contribution in [3.05, 3.63) is 39.1 Å². The molecule has 0 saturated carbocycles. The van der Waals surface area contributed by atoms with E-state index < -0.39 is 0 Å². The summed E-state index contributed by atoms with van der Waals surface area (Å²) >= 11 is 9.57. The lowest BCUT2D eigenvalue weighted by atomic mass is 10.2. The topological polar surface area (TPSA) is 38.1 Å². The Balaban J connectivity index is 2.12. The van der Waals surface area contributed by atoms with E-state index in [4.69, 9.17) is 16.0 Å². The maximum absolute atomic E-state index is 6.19. The molecule has 0 spiro atoms. The smallest absolute Gasteiger partial charge is 0.228 e. The molecule has 0 radical (unpaired) electrons. The molecule has 3 nitrogen and oxygen atoms in total. The molecule has 0 fully saturated rings. The Morgan fingerprint density at radius 3 is 3.06 bits per heavy atom. The fourth-order valence-electron chi connectivity index (χ4n) is 1.74. The Labute approximate surface area is 106 Å². The van der Waals surface area contributed by atoms with Crippen LogP contribution in [0.1, 0.15) is 11.5 Å². The van der Waals surface area contributed by atoms with Gasteiger partial charge in [-0.15, -0.1) is 0 Å². The van der Waals surface area contributed by atoms with Crippen molar-refractivity contribution in [3.63, 3.8) is 0 Å². The summed E-state index contributed by atoms with van der Waals surface area (Å²) in [5.41, 5.74) is 1.80. The second-order valence-electron chi connectivity index (χ2n) is 3.59. The highest BCUT2D eigenvalue weighted by Gasteiger charge is 2.20. The molecule has 0 atom stereocenters. The van der Waals surface area contributed by atoms with Crippen LogP contribution in [0, 0.1) is 0 Å². The first-order chi connectivity index (χ1) is 7.75. The van der Waals surface area contributed by atoms with E-state index in [2.05, 4.69) is 26.2 Å². The molecule has 1 aliphatic rings. The normalized spacial score (nSPS) is 14.1. The second kappa shape index (κ2) is 3.87.